The molecule has 0 amide bonds. The number of ether oxygens (including phenoxy) is 2. The van der Waals surface area contributed by atoms with Crippen molar-refractivity contribution in [2.75, 3.05) is 7.11 Å². The smallest absolute Gasteiger partial charge is 0.314 e. The van der Waals surface area contributed by atoms with Gasteiger partial charge in [0.25, 0.3) is 0 Å². The Kier molecular flexibility index (Phi) is 5.76. The molecule has 1 saturated carbocycles. The molecule has 4 N–H and O–H groups in total. The number of aliphatic carboxylic acids is 1. The van der Waals surface area contributed by atoms with E-state index in [0.29, 0.717) is 29.7 Å². The highest BCUT2D eigenvalue weighted by Crippen LogP contribution is 2.44. The molecule has 0 radical (unpaired) electrons. The molecule has 1 aliphatic heterocycles. The van der Waals surface area contributed by atoms with Crippen LogP contribution in [0, 0.1) is 0 Å². The van der Waals surface area contributed by atoms with Crippen LogP contribution in [-0.2, 0) is 14.9 Å². The Morgan fingerprint density at radius 3 is 2.37 bits per heavy atom. The van der Waals surface area contributed by atoms with Crippen LogP contribution in [0.25, 0.3) is 0 Å². The van der Waals surface area contributed by atoms with Crippen molar-refractivity contribution >= 4 is 5.97 Å². The third-order valence-corrected chi connectivity index (χ3v) is 6.06. The molecule has 7 heteroatoms. The topological polar surface area (TPSA) is 116 Å². The molecule has 5 atom stereocenters. The molecule has 1 aromatic carbocycles. The average Bonchev–Trinajstić information content (AvgIpc) is 2.69. The summed E-state index contributed by atoms with van der Waals surface area (Å²) in [6.45, 7) is 1.61. The van der Waals surface area contributed by atoms with Crippen LogP contribution in [0.15, 0.2) is 18.2 Å². The fraction of sp³-hybridized carbons (Fsp3) is 0.650. The number of hydrogen-bond donors (Lipinski definition) is 4. The van der Waals surface area contributed by atoms with Crippen LogP contribution in [0.1, 0.15) is 56.3 Å². The monoisotopic (exact) mass is 380 g/mol. The maximum atomic E-state index is 12.1. The number of aliphatic hydroxyl groups excluding tert-OH is 3. The lowest BCUT2D eigenvalue weighted by molar-refractivity contribution is -0.219. The molecule has 150 valence electrons. The second-order valence-corrected chi connectivity index (χ2v) is 7.64. The predicted molar refractivity (Wildman–Crippen MR) is 96.7 cm³/mol. The normalized spacial score (nSPS) is 33.4. The standard InChI is InChI=1S/C20H28O7/c1-11-15(21)16(22)17(23)18(27-11)13-10-12(6-7-14(13)26-2)20(19(24)25)8-4-3-5-9-20/h6-7,10-11,15-18,21-23H,3-5,8-9H2,1-2H3,(H,24,25)/t11-,15+,16+,17-,18-/m0/s1. The maximum absolute atomic E-state index is 12.1. The summed E-state index contributed by atoms with van der Waals surface area (Å²) in [4.78, 5) is 12.1. The third kappa shape index (κ3) is 3.45. The van der Waals surface area contributed by atoms with E-state index in [4.69, 9.17) is 9.47 Å². The molecule has 1 aromatic rings. The Balaban J connectivity index is 2.05. The lowest BCUT2D eigenvalue weighted by Gasteiger charge is -2.40. The van der Waals surface area contributed by atoms with Crippen molar-refractivity contribution in [3.05, 3.63) is 29.3 Å². The van der Waals surface area contributed by atoms with Crippen molar-refractivity contribution in [2.45, 2.75) is 75.0 Å². The van der Waals surface area contributed by atoms with Crippen molar-refractivity contribution in [2.24, 2.45) is 0 Å². The van der Waals surface area contributed by atoms with Crippen LogP contribution >= 0.6 is 0 Å². The molecule has 0 aromatic heterocycles. The summed E-state index contributed by atoms with van der Waals surface area (Å²) in [5.41, 5.74) is 0.156. The first kappa shape index (κ1) is 20.1. The second kappa shape index (κ2) is 7.75. The molecular weight excluding hydrogens is 352 g/mol. The van der Waals surface area contributed by atoms with Gasteiger partial charge in [-0.15, -0.1) is 0 Å². The number of carbonyl (C=O) groups is 1. The van der Waals surface area contributed by atoms with E-state index in [1.807, 2.05) is 0 Å². The Labute approximate surface area is 158 Å². The molecule has 7 nitrogen and oxygen atoms in total. The van der Waals surface area contributed by atoms with Gasteiger partial charge in [0.2, 0.25) is 0 Å². The zero-order chi connectivity index (χ0) is 19.8. The first-order valence-corrected chi connectivity index (χ1v) is 9.43. The summed E-state index contributed by atoms with van der Waals surface area (Å²) >= 11 is 0. The summed E-state index contributed by atoms with van der Waals surface area (Å²) in [6, 6.07) is 5.15. The van der Waals surface area contributed by atoms with E-state index in [0.717, 1.165) is 19.3 Å². The molecule has 3 rings (SSSR count). The molecule has 1 saturated heterocycles. The van der Waals surface area contributed by atoms with Crippen LogP contribution in [0.3, 0.4) is 0 Å². The lowest BCUT2D eigenvalue weighted by atomic mass is 9.69. The summed E-state index contributed by atoms with van der Waals surface area (Å²) in [5.74, 6) is -0.415. The highest BCUT2D eigenvalue weighted by atomic mass is 16.5. The Morgan fingerprint density at radius 1 is 1.11 bits per heavy atom. The van der Waals surface area contributed by atoms with Crippen molar-refractivity contribution in [1.29, 1.82) is 0 Å². The van der Waals surface area contributed by atoms with Crippen LogP contribution in [0.5, 0.6) is 5.75 Å². The quantitative estimate of drug-likeness (QED) is 0.626. The van der Waals surface area contributed by atoms with Crippen LogP contribution < -0.4 is 4.74 Å². The van der Waals surface area contributed by atoms with Gasteiger partial charge in [0, 0.05) is 5.56 Å². The molecule has 0 spiro atoms. The summed E-state index contributed by atoms with van der Waals surface area (Å²) in [6.07, 6.45) is -1.72. The van der Waals surface area contributed by atoms with Gasteiger partial charge < -0.3 is 29.9 Å². The Bertz CT molecular complexity index is 683. The maximum Gasteiger partial charge on any atom is 0.314 e. The minimum absolute atomic E-state index is 0.440. The SMILES string of the molecule is COc1ccc(C2(C(=O)O)CCCCC2)cc1[C@@H]1O[C@@H](C)[C@@H](O)[C@@H](O)[C@@H]1O. The van der Waals surface area contributed by atoms with Crippen molar-refractivity contribution in [3.63, 3.8) is 0 Å². The largest absolute Gasteiger partial charge is 0.496 e. The Hall–Kier alpha value is -1.67. The van der Waals surface area contributed by atoms with E-state index in [1.165, 1.54) is 7.11 Å². The van der Waals surface area contributed by atoms with Gasteiger partial charge in [-0.2, -0.15) is 0 Å². The van der Waals surface area contributed by atoms with E-state index < -0.39 is 41.9 Å². The first-order chi connectivity index (χ1) is 12.8. The fourth-order valence-corrected chi connectivity index (χ4v) is 4.34. The molecule has 0 bridgehead atoms. The fourth-order valence-electron chi connectivity index (χ4n) is 4.34. The van der Waals surface area contributed by atoms with Gasteiger partial charge in [-0.05, 0) is 37.5 Å². The number of aliphatic hydroxyl groups is 3. The van der Waals surface area contributed by atoms with Crippen LogP contribution in [0.2, 0.25) is 0 Å². The van der Waals surface area contributed by atoms with E-state index in [-0.39, 0.29) is 0 Å². The molecule has 2 fully saturated rings. The number of carboxylic acid groups (broad SMARTS) is 1. The van der Waals surface area contributed by atoms with Crippen molar-refractivity contribution in [3.8, 4) is 5.75 Å². The number of methoxy groups -OCH3 is 1. The van der Waals surface area contributed by atoms with Crippen molar-refractivity contribution in [1.82, 2.24) is 0 Å². The van der Waals surface area contributed by atoms with Gasteiger partial charge in [0.15, 0.2) is 0 Å². The van der Waals surface area contributed by atoms with Crippen molar-refractivity contribution < 1.29 is 34.7 Å². The van der Waals surface area contributed by atoms with Gasteiger partial charge in [-0.1, -0.05) is 25.3 Å². The lowest BCUT2D eigenvalue weighted by Crippen LogP contribution is -2.53. The zero-order valence-corrected chi connectivity index (χ0v) is 15.7. The number of benzene rings is 1. The van der Waals surface area contributed by atoms with Crippen LogP contribution in [-0.4, -0.2) is 57.9 Å². The minimum atomic E-state index is -1.37. The average molecular weight is 380 g/mol. The molecule has 0 unspecified atom stereocenters. The number of rotatable bonds is 4. The van der Waals surface area contributed by atoms with Gasteiger partial charge >= 0.3 is 5.97 Å². The van der Waals surface area contributed by atoms with E-state index in [9.17, 15) is 25.2 Å². The molecule has 1 aliphatic carbocycles. The summed E-state index contributed by atoms with van der Waals surface area (Å²) in [5, 5.41) is 40.5. The summed E-state index contributed by atoms with van der Waals surface area (Å²) < 4.78 is 11.2. The van der Waals surface area contributed by atoms with Gasteiger partial charge in [0.05, 0.1) is 18.6 Å². The minimum Gasteiger partial charge on any atom is -0.496 e. The molecule has 1 heterocycles. The van der Waals surface area contributed by atoms with Gasteiger partial charge in [-0.3, -0.25) is 4.79 Å². The van der Waals surface area contributed by atoms with E-state index >= 15 is 0 Å². The van der Waals surface area contributed by atoms with E-state index in [1.54, 1.807) is 25.1 Å². The highest BCUT2D eigenvalue weighted by molar-refractivity contribution is 5.81. The first-order valence-electron chi connectivity index (χ1n) is 9.43. The predicted octanol–water partition coefficient (Wildman–Crippen LogP) is 1.52. The summed E-state index contributed by atoms with van der Waals surface area (Å²) in [7, 11) is 1.48. The second-order valence-electron chi connectivity index (χ2n) is 7.64. The molecule has 2 aliphatic rings. The van der Waals surface area contributed by atoms with E-state index in [2.05, 4.69) is 0 Å². The molecular formula is C20H28O7. The van der Waals surface area contributed by atoms with Gasteiger partial charge in [-0.25, -0.2) is 0 Å². The third-order valence-electron chi connectivity index (χ3n) is 6.06. The number of carboxylic acids is 1. The number of hydrogen-bond acceptors (Lipinski definition) is 6. The molecule has 27 heavy (non-hydrogen) atoms. The van der Waals surface area contributed by atoms with Gasteiger partial charge in [0.1, 0.15) is 30.2 Å². The zero-order valence-electron chi connectivity index (χ0n) is 15.7. The Morgan fingerprint density at radius 2 is 1.78 bits per heavy atom. The van der Waals surface area contributed by atoms with Crippen LogP contribution in [0.4, 0.5) is 0 Å². The highest BCUT2D eigenvalue weighted by Gasteiger charge is 2.45.